The third-order valence-electron chi connectivity index (χ3n) is 4.31. The van der Waals surface area contributed by atoms with E-state index in [4.69, 9.17) is 5.73 Å². The summed E-state index contributed by atoms with van der Waals surface area (Å²) in [5, 5.41) is 0. The van der Waals surface area contributed by atoms with Gasteiger partial charge < -0.3 is 5.73 Å². The minimum Gasteiger partial charge on any atom is -0.329 e. The summed E-state index contributed by atoms with van der Waals surface area (Å²) in [6, 6.07) is 8.66. The molecule has 2 N–H and O–H groups in total. The Balaban J connectivity index is 2.40. The van der Waals surface area contributed by atoms with Crippen LogP contribution in [0.15, 0.2) is 35.2 Å². The van der Waals surface area contributed by atoms with Crippen LogP contribution in [-0.4, -0.2) is 31.4 Å². The first-order chi connectivity index (χ1) is 9.57. The third-order valence-corrected chi connectivity index (χ3v) is 6.41. The summed E-state index contributed by atoms with van der Waals surface area (Å²) in [5.74, 6) is 0. The van der Waals surface area contributed by atoms with Gasteiger partial charge in [0.1, 0.15) is 0 Å². The largest absolute Gasteiger partial charge is 0.329 e. The number of benzene rings is 1. The van der Waals surface area contributed by atoms with Gasteiger partial charge in [-0.3, -0.25) is 0 Å². The average Bonchev–Trinajstić information content (AvgIpc) is 2.49. The lowest BCUT2D eigenvalue weighted by molar-refractivity contribution is 0.141. The van der Waals surface area contributed by atoms with E-state index >= 15 is 0 Å². The van der Waals surface area contributed by atoms with Gasteiger partial charge in [-0.15, -0.1) is 0 Å². The lowest BCUT2D eigenvalue weighted by atomic mass is 9.81. The Morgan fingerprint density at radius 2 is 1.75 bits per heavy atom. The molecule has 1 fully saturated rings. The van der Waals surface area contributed by atoms with Crippen LogP contribution in [0.1, 0.15) is 39.0 Å². The van der Waals surface area contributed by atoms with Gasteiger partial charge in [-0.05, 0) is 25.0 Å². The Morgan fingerprint density at radius 1 is 1.15 bits per heavy atom. The topological polar surface area (TPSA) is 63.4 Å². The summed E-state index contributed by atoms with van der Waals surface area (Å²) in [6.07, 6.45) is 5.01. The minimum absolute atomic E-state index is 0.361. The molecule has 0 bridgehead atoms. The zero-order valence-corrected chi connectivity index (χ0v) is 12.9. The van der Waals surface area contributed by atoms with Crippen LogP contribution in [0.25, 0.3) is 0 Å². The molecule has 0 unspecified atom stereocenters. The normalized spacial score (nSPS) is 19.1. The van der Waals surface area contributed by atoms with E-state index in [1.165, 1.54) is 6.42 Å². The van der Waals surface area contributed by atoms with Crippen molar-refractivity contribution in [2.45, 2.75) is 49.5 Å². The summed E-state index contributed by atoms with van der Waals surface area (Å²) in [5.41, 5.74) is 5.58. The maximum Gasteiger partial charge on any atom is 0.243 e. The van der Waals surface area contributed by atoms with Crippen molar-refractivity contribution >= 4 is 10.0 Å². The number of nitrogens with zero attached hydrogens (tertiary/aromatic N) is 1. The van der Waals surface area contributed by atoms with Crippen molar-refractivity contribution in [3.8, 4) is 0 Å². The van der Waals surface area contributed by atoms with Gasteiger partial charge in [0.2, 0.25) is 10.0 Å². The van der Waals surface area contributed by atoms with Gasteiger partial charge in [-0.1, -0.05) is 44.4 Å². The van der Waals surface area contributed by atoms with Crippen molar-refractivity contribution in [2.24, 2.45) is 5.73 Å². The highest BCUT2D eigenvalue weighted by Crippen LogP contribution is 2.36. The molecule has 1 aromatic rings. The minimum atomic E-state index is -3.47. The molecule has 4 nitrogen and oxygen atoms in total. The standard InChI is InChI=1S/C15H24N2O2S/c1-2-17(15(13-16)11-7-4-8-12-15)20(18,19)14-9-5-3-6-10-14/h3,5-6,9-10H,2,4,7-8,11-13,16H2,1H3. The van der Waals surface area contributed by atoms with E-state index in [2.05, 4.69) is 0 Å². The van der Waals surface area contributed by atoms with E-state index in [1.807, 2.05) is 13.0 Å². The Labute approximate surface area is 122 Å². The highest BCUT2D eigenvalue weighted by atomic mass is 32.2. The third kappa shape index (κ3) is 2.75. The Morgan fingerprint density at radius 3 is 2.25 bits per heavy atom. The SMILES string of the molecule is CCN(C1(CN)CCCCC1)S(=O)(=O)c1ccccc1. The highest BCUT2D eigenvalue weighted by molar-refractivity contribution is 7.89. The maximum atomic E-state index is 12.9. The van der Waals surface area contributed by atoms with Crippen molar-refractivity contribution in [3.05, 3.63) is 30.3 Å². The molecule has 0 saturated heterocycles. The average molecular weight is 296 g/mol. The summed E-state index contributed by atoms with van der Waals surface area (Å²) in [4.78, 5) is 0.361. The van der Waals surface area contributed by atoms with Crippen molar-refractivity contribution < 1.29 is 8.42 Å². The molecule has 0 aromatic heterocycles. The van der Waals surface area contributed by atoms with E-state index in [1.54, 1.807) is 28.6 Å². The van der Waals surface area contributed by atoms with Gasteiger partial charge >= 0.3 is 0 Å². The molecule has 112 valence electrons. The number of hydrogen-bond acceptors (Lipinski definition) is 3. The number of nitrogens with two attached hydrogens (primary N) is 1. The molecule has 0 atom stereocenters. The first kappa shape index (κ1) is 15.5. The second-order valence-corrected chi connectivity index (χ2v) is 7.33. The molecular formula is C15H24N2O2S. The molecule has 5 heteroatoms. The fourth-order valence-corrected chi connectivity index (χ4v) is 5.11. The van der Waals surface area contributed by atoms with Gasteiger partial charge in [0.05, 0.1) is 4.90 Å². The Hall–Kier alpha value is -0.910. The van der Waals surface area contributed by atoms with Gasteiger partial charge in [0, 0.05) is 18.6 Å². The molecule has 0 radical (unpaired) electrons. The van der Waals surface area contributed by atoms with Crippen LogP contribution in [0.5, 0.6) is 0 Å². The molecular weight excluding hydrogens is 272 g/mol. The smallest absolute Gasteiger partial charge is 0.243 e. The van der Waals surface area contributed by atoms with Crippen LogP contribution in [-0.2, 0) is 10.0 Å². The van der Waals surface area contributed by atoms with Crippen LogP contribution in [0.3, 0.4) is 0 Å². The monoisotopic (exact) mass is 296 g/mol. The molecule has 0 spiro atoms. The highest BCUT2D eigenvalue weighted by Gasteiger charge is 2.42. The van der Waals surface area contributed by atoms with Crippen molar-refractivity contribution in [1.82, 2.24) is 4.31 Å². The quantitative estimate of drug-likeness (QED) is 0.907. The Bertz CT molecular complexity index is 522. The fourth-order valence-electron chi connectivity index (χ4n) is 3.25. The summed E-state index contributed by atoms with van der Waals surface area (Å²) >= 11 is 0. The molecule has 20 heavy (non-hydrogen) atoms. The molecule has 1 aromatic carbocycles. The van der Waals surface area contributed by atoms with Gasteiger partial charge in [-0.2, -0.15) is 4.31 Å². The predicted molar refractivity (Wildman–Crippen MR) is 80.9 cm³/mol. The lowest BCUT2D eigenvalue weighted by Crippen LogP contribution is -2.57. The van der Waals surface area contributed by atoms with Gasteiger partial charge in [0.15, 0.2) is 0 Å². The number of likely N-dealkylation sites (N-methyl/N-ethyl adjacent to an activating group) is 1. The summed E-state index contributed by atoms with van der Waals surface area (Å²) < 4.78 is 27.4. The molecule has 1 saturated carbocycles. The van der Waals surface area contributed by atoms with E-state index < -0.39 is 15.6 Å². The molecule has 1 aliphatic rings. The summed E-state index contributed by atoms with van der Waals surface area (Å²) in [7, 11) is -3.47. The second kappa shape index (κ2) is 6.24. The van der Waals surface area contributed by atoms with Crippen LogP contribution in [0.4, 0.5) is 0 Å². The van der Waals surface area contributed by atoms with E-state index in [0.717, 1.165) is 25.7 Å². The van der Waals surface area contributed by atoms with Crippen molar-refractivity contribution in [2.75, 3.05) is 13.1 Å². The Kier molecular flexibility index (Phi) is 4.83. The van der Waals surface area contributed by atoms with Crippen molar-refractivity contribution in [3.63, 3.8) is 0 Å². The summed E-state index contributed by atoms with van der Waals surface area (Å²) in [6.45, 7) is 2.76. The van der Waals surface area contributed by atoms with Crippen LogP contribution >= 0.6 is 0 Å². The van der Waals surface area contributed by atoms with E-state index in [0.29, 0.717) is 18.0 Å². The van der Waals surface area contributed by atoms with E-state index in [9.17, 15) is 8.42 Å². The molecule has 0 heterocycles. The van der Waals surface area contributed by atoms with Crippen LogP contribution in [0.2, 0.25) is 0 Å². The number of sulfonamides is 1. The fraction of sp³-hybridized carbons (Fsp3) is 0.600. The first-order valence-corrected chi connectivity index (χ1v) is 8.79. The maximum absolute atomic E-state index is 12.9. The predicted octanol–water partition coefficient (Wildman–Crippen LogP) is 2.36. The zero-order chi connectivity index (χ0) is 14.6. The van der Waals surface area contributed by atoms with Gasteiger partial charge in [-0.25, -0.2) is 8.42 Å². The van der Waals surface area contributed by atoms with Crippen LogP contribution in [0, 0.1) is 0 Å². The number of rotatable bonds is 5. The lowest BCUT2D eigenvalue weighted by Gasteiger charge is -2.44. The first-order valence-electron chi connectivity index (χ1n) is 7.35. The molecule has 0 aliphatic heterocycles. The zero-order valence-electron chi connectivity index (χ0n) is 12.1. The second-order valence-electron chi connectivity index (χ2n) is 5.47. The van der Waals surface area contributed by atoms with E-state index in [-0.39, 0.29) is 0 Å². The molecule has 2 rings (SSSR count). The van der Waals surface area contributed by atoms with Gasteiger partial charge in [0.25, 0.3) is 0 Å². The molecule has 0 amide bonds. The van der Waals surface area contributed by atoms with Crippen LogP contribution < -0.4 is 5.73 Å². The molecule has 1 aliphatic carbocycles. The van der Waals surface area contributed by atoms with Crippen molar-refractivity contribution in [1.29, 1.82) is 0 Å². The number of hydrogen-bond donors (Lipinski definition) is 1.